The van der Waals surface area contributed by atoms with Gasteiger partial charge in [0.2, 0.25) is 5.88 Å². The van der Waals surface area contributed by atoms with E-state index in [-0.39, 0.29) is 17.5 Å². The van der Waals surface area contributed by atoms with E-state index >= 15 is 0 Å². The van der Waals surface area contributed by atoms with Gasteiger partial charge < -0.3 is 10.5 Å². The smallest absolute Gasteiger partial charge is 0.254 e. The van der Waals surface area contributed by atoms with Gasteiger partial charge in [-0.05, 0) is 37.6 Å². The number of nitrogens with zero attached hydrogens (tertiary/aromatic N) is 1. The molecule has 0 aliphatic carbocycles. The highest BCUT2D eigenvalue weighted by atomic mass is 35.5. The average molecular weight is 341 g/mol. The summed E-state index contributed by atoms with van der Waals surface area (Å²) in [6, 6.07) is 14.9. The summed E-state index contributed by atoms with van der Waals surface area (Å²) in [5, 5.41) is 1.33. The van der Waals surface area contributed by atoms with Crippen molar-refractivity contribution >= 4 is 28.4 Å². The maximum Gasteiger partial charge on any atom is 0.254 e. The van der Waals surface area contributed by atoms with E-state index in [0.29, 0.717) is 16.1 Å². The molecular weight excluding hydrogens is 324 g/mol. The summed E-state index contributed by atoms with van der Waals surface area (Å²) >= 11 is 6.16. The Balaban J connectivity index is 2.44. The standard InChI is InChI=1S/C19H17ClN2O2/c1-11(2)24-19-17(18(21)23)16(12-6-4-3-5-7-12)14-10-13(20)8-9-15(14)22-19/h3-11H,1-2H3,(H2,21,23). The zero-order valence-electron chi connectivity index (χ0n) is 13.4. The Morgan fingerprint density at radius 1 is 1.17 bits per heavy atom. The number of rotatable bonds is 4. The topological polar surface area (TPSA) is 65.2 Å². The molecule has 1 aromatic heterocycles. The van der Waals surface area contributed by atoms with Crippen molar-refractivity contribution in [1.29, 1.82) is 0 Å². The first kappa shape index (κ1) is 16.3. The fourth-order valence-electron chi connectivity index (χ4n) is 2.65. The van der Waals surface area contributed by atoms with E-state index in [1.807, 2.05) is 50.2 Å². The van der Waals surface area contributed by atoms with E-state index in [0.717, 1.165) is 10.9 Å². The van der Waals surface area contributed by atoms with Crippen LogP contribution in [0.25, 0.3) is 22.0 Å². The average Bonchev–Trinajstić information content (AvgIpc) is 2.54. The van der Waals surface area contributed by atoms with Gasteiger partial charge in [-0.2, -0.15) is 0 Å². The van der Waals surface area contributed by atoms with E-state index in [1.54, 1.807) is 12.1 Å². The fraction of sp³-hybridized carbons (Fsp3) is 0.158. The van der Waals surface area contributed by atoms with Crippen molar-refractivity contribution in [2.24, 2.45) is 5.73 Å². The van der Waals surface area contributed by atoms with Crippen LogP contribution < -0.4 is 10.5 Å². The molecule has 3 aromatic rings. The Kier molecular flexibility index (Phi) is 4.40. The van der Waals surface area contributed by atoms with Crippen LogP contribution in [0.5, 0.6) is 5.88 Å². The Hall–Kier alpha value is -2.59. The van der Waals surface area contributed by atoms with E-state index in [4.69, 9.17) is 22.1 Å². The number of primary amides is 1. The second-order valence-electron chi connectivity index (χ2n) is 5.73. The van der Waals surface area contributed by atoms with Gasteiger partial charge in [-0.3, -0.25) is 4.79 Å². The minimum atomic E-state index is -0.584. The number of carbonyl (C=O) groups is 1. The molecule has 24 heavy (non-hydrogen) atoms. The minimum absolute atomic E-state index is 0.135. The number of halogens is 1. The quantitative estimate of drug-likeness (QED) is 0.763. The molecule has 0 aliphatic rings. The predicted octanol–water partition coefficient (Wildman–Crippen LogP) is 4.44. The molecule has 2 N–H and O–H groups in total. The largest absolute Gasteiger partial charge is 0.474 e. The number of aromatic nitrogens is 1. The second kappa shape index (κ2) is 6.49. The predicted molar refractivity (Wildman–Crippen MR) is 96.5 cm³/mol. The number of nitrogens with two attached hydrogens (primary N) is 1. The highest BCUT2D eigenvalue weighted by Crippen LogP contribution is 2.37. The number of benzene rings is 2. The Morgan fingerprint density at radius 3 is 2.50 bits per heavy atom. The molecule has 1 amide bonds. The maximum atomic E-state index is 12.2. The molecule has 0 unspecified atom stereocenters. The molecule has 0 spiro atoms. The van der Waals surface area contributed by atoms with E-state index < -0.39 is 5.91 Å². The van der Waals surface area contributed by atoms with Crippen LogP contribution in [0.4, 0.5) is 0 Å². The van der Waals surface area contributed by atoms with E-state index in [2.05, 4.69) is 4.98 Å². The number of amides is 1. The summed E-state index contributed by atoms with van der Waals surface area (Å²) in [6.07, 6.45) is -0.135. The molecule has 0 bridgehead atoms. The van der Waals surface area contributed by atoms with Crippen LogP contribution in [-0.4, -0.2) is 17.0 Å². The lowest BCUT2D eigenvalue weighted by Gasteiger charge is -2.17. The zero-order chi connectivity index (χ0) is 17.3. The Morgan fingerprint density at radius 2 is 1.88 bits per heavy atom. The molecule has 0 saturated heterocycles. The van der Waals surface area contributed by atoms with Gasteiger partial charge in [-0.1, -0.05) is 41.9 Å². The van der Waals surface area contributed by atoms with Crippen molar-refractivity contribution in [3.8, 4) is 17.0 Å². The fourth-order valence-corrected chi connectivity index (χ4v) is 2.83. The van der Waals surface area contributed by atoms with Crippen LogP contribution in [0.15, 0.2) is 48.5 Å². The Labute approximate surface area is 145 Å². The summed E-state index contributed by atoms with van der Waals surface area (Å²) in [4.78, 5) is 16.7. The van der Waals surface area contributed by atoms with E-state index in [1.165, 1.54) is 0 Å². The van der Waals surface area contributed by atoms with Crippen LogP contribution in [0.2, 0.25) is 5.02 Å². The number of fused-ring (bicyclic) bond motifs is 1. The highest BCUT2D eigenvalue weighted by molar-refractivity contribution is 6.31. The molecule has 1 heterocycles. The van der Waals surface area contributed by atoms with E-state index in [9.17, 15) is 4.79 Å². The Bertz CT molecular complexity index is 908. The summed E-state index contributed by atoms with van der Waals surface area (Å²) in [7, 11) is 0. The van der Waals surface area contributed by atoms with Gasteiger partial charge in [-0.25, -0.2) is 4.98 Å². The maximum absolute atomic E-state index is 12.2. The second-order valence-corrected chi connectivity index (χ2v) is 6.16. The molecule has 122 valence electrons. The molecule has 0 aliphatic heterocycles. The van der Waals surface area contributed by atoms with Crippen molar-refractivity contribution in [3.63, 3.8) is 0 Å². The highest BCUT2D eigenvalue weighted by Gasteiger charge is 2.22. The van der Waals surface area contributed by atoms with Crippen LogP contribution in [0.3, 0.4) is 0 Å². The molecule has 0 fully saturated rings. The lowest BCUT2D eigenvalue weighted by Crippen LogP contribution is -2.18. The van der Waals surface area contributed by atoms with Crippen LogP contribution >= 0.6 is 11.6 Å². The van der Waals surface area contributed by atoms with Crippen LogP contribution in [0.1, 0.15) is 24.2 Å². The number of hydrogen-bond donors (Lipinski definition) is 1. The monoisotopic (exact) mass is 340 g/mol. The number of carbonyl (C=O) groups excluding carboxylic acids is 1. The third-order valence-electron chi connectivity index (χ3n) is 3.57. The van der Waals surface area contributed by atoms with Crippen molar-refractivity contribution in [2.75, 3.05) is 0 Å². The molecule has 5 heteroatoms. The molecule has 0 atom stereocenters. The molecular formula is C19H17ClN2O2. The molecule has 4 nitrogen and oxygen atoms in total. The lowest BCUT2D eigenvalue weighted by atomic mass is 9.95. The van der Waals surface area contributed by atoms with Gasteiger partial charge >= 0.3 is 0 Å². The van der Waals surface area contributed by atoms with Gasteiger partial charge in [0.05, 0.1) is 11.6 Å². The van der Waals surface area contributed by atoms with Crippen molar-refractivity contribution in [1.82, 2.24) is 4.98 Å². The van der Waals surface area contributed by atoms with Gasteiger partial charge in [0, 0.05) is 16.0 Å². The van der Waals surface area contributed by atoms with Gasteiger partial charge in [0.25, 0.3) is 5.91 Å². The van der Waals surface area contributed by atoms with Crippen LogP contribution in [-0.2, 0) is 0 Å². The third-order valence-corrected chi connectivity index (χ3v) is 3.81. The summed E-state index contributed by atoms with van der Waals surface area (Å²) in [5.74, 6) is -0.343. The van der Waals surface area contributed by atoms with Gasteiger partial charge in [-0.15, -0.1) is 0 Å². The molecule has 0 radical (unpaired) electrons. The first-order valence-corrected chi connectivity index (χ1v) is 8.00. The SMILES string of the molecule is CC(C)Oc1nc2ccc(Cl)cc2c(-c2ccccc2)c1C(N)=O. The first-order valence-electron chi connectivity index (χ1n) is 7.62. The van der Waals surface area contributed by atoms with Crippen molar-refractivity contribution < 1.29 is 9.53 Å². The van der Waals surface area contributed by atoms with Crippen LogP contribution in [0, 0.1) is 0 Å². The summed E-state index contributed by atoms with van der Waals surface area (Å²) in [6.45, 7) is 3.75. The summed E-state index contributed by atoms with van der Waals surface area (Å²) < 4.78 is 5.76. The molecule has 2 aromatic carbocycles. The number of ether oxygens (including phenoxy) is 1. The lowest BCUT2D eigenvalue weighted by molar-refractivity contribution is 0.0994. The minimum Gasteiger partial charge on any atom is -0.474 e. The number of pyridine rings is 1. The zero-order valence-corrected chi connectivity index (χ0v) is 14.2. The first-order chi connectivity index (χ1) is 11.5. The summed E-state index contributed by atoms with van der Waals surface area (Å²) in [5.41, 5.74) is 8.17. The normalized spacial score (nSPS) is 11.0. The van der Waals surface area contributed by atoms with Gasteiger partial charge in [0.15, 0.2) is 0 Å². The molecule has 3 rings (SSSR count). The van der Waals surface area contributed by atoms with Crippen molar-refractivity contribution in [2.45, 2.75) is 20.0 Å². The third kappa shape index (κ3) is 3.05. The van der Waals surface area contributed by atoms with Gasteiger partial charge in [0.1, 0.15) is 5.56 Å². The van der Waals surface area contributed by atoms with Crippen molar-refractivity contribution in [3.05, 3.63) is 59.1 Å². The number of hydrogen-bond acceptors (Lipinski definition) is 3. The molecule has 0 saturated carbocycles.